The molecule has 0 radical (unpaired) electrons. The molecule has 0 fully saturated rings. The van der Waals surface area contributed by atoms with E-state index in [1.807, 2.05) is 13.0 Å². The summed E-state index contributed by atoms with van der Waals surface area (Å²) in [5.41, 5.74) is 9.07. The van der Waals surface area contributed by atoms with Crippen LogP contribution < -0.4 is 11.1 Å². The van der Waals surface area contributed by atoms with Crippen molar-refractivity contribution in [3.8, 4) is 0 Å². The number of aryl methyl sites for hydroxylation is 1. The number of halogens is 2. The Kier molecular flexibility index (Phi) is 3.81. The van der Waals surface area contributed by atoms with Crippen molar-refractivity contribution in [2.75, 3.05) is 11.1 Å². The maximum Gasteiger partial charge on any atom is 0.139 e. The van der Waals surface area contributed by atoms with Crippen molar-refractivity contribution in [3.05, 3.63) is 52.0 Å². The average molecular weight is 310 g/mol. The van der Waals surface area contributed by atoms with Crippen LogP contribution in [0.15, 0.2) is 35.1 Å². The molecule has 3 nitrogen and oxygen atoms in total. The van der Waals surface area contributed by atoms with Crippen molar-refractivity contribution < 1.29 is 4.39 Å². The largest absolute Gasteiger partial charge is 0.397 e. The van der Waals surface area contributed by atoms with Gasteiger partial charge in [-0.2, -0.15) is 0 Å². The Hall–Kier alpha value is -1.62. The number of nitrogens with two attached hydrogens (primary N) is 1. The molecule has 0 bridgehead atoms. The third-order valence-corrected chi connectivity index (χ3v) is 3.32. The van der Waals surface area contributed by atoms with Crippen molar-refractivity contribution in [2.24, 2.45) is 0 Å². The van der Waals surface area contributed by atoms with Gasteiger partial charge in [-0.05, 0) is 46.1 Å². The van der Waals surface area contributed by atoms with E-state index in [0.717, 1.165) is 11.1 Å². The van der Waals surface area contributed by atoms with E-state index in [0.29, 0.717) is 22.4 Å². The molecule has 5 heteroatoms. The van der Waals surface area contributed by atoms with Gasteiger partial charge >= 0.3 is 0 Å². The molecule has 1 aromatic heterocycles. The summed E-state index contributed by atoms with van der Waals surface area (Å²) in [5.74, 6) is -0.365. The monoisotopic (exact) mass is 309 g/mol. The third kappa shape index (κ3) is 2.79. The Bertz CT molecular complexity index is 572. The van der Waals surface area contributed by atoms with Gasteiger partial charge in [0.05, 0.1) is 15.8 Å². The Labute approximate surface area is 113 Å². The van der Waals surface area contributed by atoms with Gasteiger partial charge in [0.2, 0.25) is 0 Å². The number of nitrogens with one attached hydrogen (secondary N) is 1. The molecule has 0 atom stereocenters. The standard InChI is InChI=1S/C13H13BrFN3/c1-8-2-3-17-6-9(8)7-18-13-4-10(14)11(15)5-12(13)16/h2-6,18H,7,16H2,1H3. The molecule has 1 aromatic carbocycles. The van der Waals surface area contributed by atoms with Gasteiger partial charge in [0.1, 0.15) is 5.82 Å². The molecule has 0 saturated heterocycles. The first-order valence-electron chi connectivity index (χ1n) is 5.46. The number of hydrogen-bond acceptors (Lipinski definition) is 3. The second-order valence-electron chi connectivity index (χ2n) is 4.01. The van der Waals surface area contributed by atoms with Crippen molar-refractivity contribution in [3.63, 3.8) is 0 Å². The minimum atomic E-state index is -0.365. The SMILES string of the molecule is Cc1ccncc1CNc1cc(Br)c(F)cc1N. The first-order valence-corrected chi connectivity index (χ1v) is 6.25. The smallest absolute Gasteiger partial charge is 0.139 e. The number of nitrogens with zero attached hydrogens (tertiary/aromatic N) is 1. The van der Waals surface area contributed by atoms with Crippen LogP contribution in [0.1, 0.15) is 11.1 Å². The lowest BCUT2D eigenvalue weighted by Gasteiger charge is -2.11. The van der Waals surface area contributed by atoms with E-state index in [-0.39, 0.29) is 5.82 Å². The molecule has 0 saturated carbocycles. The molecule has 3 N–H and O–H groups in total. The summed E-state index contributed by atoms with van der Waals surface area (Å²) in [5, 5.41) is 3.18. The number of rotatable bonds is 3. The second kappa shape index (κ2) is 5.35. The molecule has 0 spiro atoms. The van der Waals surface area contributed by atoms with E-state index >= 15 is 0 Å². The quantitative estimate of drug-likeness (QED) is 0.853. The molecule has 2 aromatic rings. The lowest BCUT2D eigenvalue weighted by atomic mass is 10.1. The summed E-state index contributed by atoms with van der Waals surface area (Å²) in [6.07, 6.45) is 3.55. The van der Waals surface area contributed by atoms with Crippen molar-refractivity contribution in [1.82, 2.24) is 4.98 Å². The van der Waals surface area contributed by atoms with E-state index in [2.05, 4.69) is 26.2 Å². The van der Waals surface area contributed by atoms with Crippen LogP contribution >= 0.6 is 15.9 Å². The molecule has 0 aliphatic rings. The van der Waals surface area contributed by atoms with Crippen LogP contribution in [0, 0.1) is 12.7 Å². The van der Waals surface area contributed by atoms with Crippen LogP contribution in [0.2, 0.25) is 0 Å². The zero-order chi connectivity index (χ0) is 13.1. The highest BCUT2D eigenvalue weighted by molar-refractivity contribution is 9.10. The molecule has 0 unspecified atom stereocenters. The highest BCUT2D eigenvalue weighted by Crippen LogP contribution is 2.27. The maximum atomic E-state index is 13.2. The van der Waals surface area contributed by atoms with Gasteiger partial charge in [-0.25, -0.2) is 4.39 Å². The van der Waals surface area contributed by atoms with Gasteiger partial charge in [-0.15, -0.1) is 0 Å². The highest BCUT2D eigenvalue weighted by atomic mass is 79.9. The molecule has 0 aliphatic heterocycles. The molecular weight excluding hydrogens is 297 g/mol. The molecule has 2 rings (SSSR count). The zero-order valence-corrected chi connectivity index (χ0v) is 11.5. The normalized spacial score (nSPS) is 10.4. The fourth-order valence-electron chi connectivity index (χ4n) is 1.59. The minimum Gasteiger partial charge on any atom is -0.397 e. The Balaban J connectivity index is 2.16. The lowest BCUT2D eigenvalue weighted by Crippen LogP contribution is -2.04. The number of hydrogen-bond donors (Lipinski definition) is 2. The Morgan fingerprint density at radius 1 is 1.44 bits per heavy atom. The van der Waals surface area contributed by atoms with Crippen LogP contribution in [0.25, 0.3) is 0 Å². The molecule has 0 aliphatic carbocycles. The van der Waals surface area contributed by atoms with Crippen molar-refractivity contribution in [2.45, 2.75) is 13.5 Å². The number of aromatic nitrogens is 1. The summed E-state index contributed by atoms with van der Waals surface area (Å²) < 4.78 is 13.6. The van der Waals surface area contributed by atoms with E-state index in [1.165, 1.54) is 6.07 Å². The topological polar surface area (TPSA) is 50.9 Å². The van der Waals surface area contributed by atoms with Gasteiger partial charge in [-0.3, -0.25) is 4.98 Å². The van der Waals surface area contributed by atoms with Gasteiger partial charge in [0.15, 0.2) is 0 Å². The van der Waals surface area contributed by atoms with Gasteiger partial charge in [0, 0.05) is 25.0 Å². The van der Waals surface area contributed by atoms with Crippen LogP contribution in [0.5, 0.6) is 0 Å². The zero-order valence-electron chi connectivity index (χ0n) is 9.87. The summed E-state index contributed by atoms with van der Waals surface area (Å²) in [6.45, 7) is 2.62. The number of anilines is 2. The van der Waals surface area contributed by atoms with E-state index in [9.17, 15) is 4.39 Å². The maximum absolute atomic E-state index is 13.2. The van der Waals surface area contributed by atoms with E-state index < -0.39 is 0 Å². The minimum absolute atomic E-state index is 0.365. The van der Waals surface area contributed by atoms with Crippen molar-refractivity contribution >= 4 is 27.3 Å². The summed E-state index contributed by atoms with van der Waals surface area (Å²) in [4.78, 5) is 4.07. The number of pyridine rings is 1. The van der Waals surface area contributed by atoms with Crippen LogP contribution in [0.4, 0.5) is 15.8 Å². The summed E-state index contributed by atoms with van der Waals surface area (Å²) in [7, 11) is 0. The molecule has 0 amide bonds. The van der Waals surface area contributed by atoms with Crippen molar-refractivity contribution in [1.29, 1.82) is 0 Å². The predicted molar refractivity (Wildman–Crippen MR) is 74.8 cm³/mol. The molecular formula is C13H13BrFN3. The molecule has 94 valence electrons. The Morgan fingerprint density at radius 2 is 2.22 bits per heavy atom. The lowest BCUT2D eigenvalue weighted by molar-refractivity contribution is 0.622. The van der Waals surface area contributed by atoms with E-state index in [1.54, 1.807) is 18.5 Å². The van der Waals surface area contributed by atoms with Crippen LogP contribution in [-0.4, -0.2) is 4.98 Å². The summed E-state index contributed by atoms with van der Waals surface area (Å²) in [6, 6.07) is 4.87. The first-order chi connectivity index (χ1) is 8.58. The van der Waals surface area contributed by atoms with Gasteiger partial charge in [0.25, 0.3) is 0 Å². The highest BCUT2D eigenvalue weighted by Gasteiger charge is 2.06. The number of benzene rings is 1. The molecule has 18 heavy (non-hydrogen) atoms. The second-order valence-corrected chi connectivity index (χ2v) is 4.86. The Morgan fingerprint density at radius 3 is 2.94 bits per heavy atom. The fourth-order valence-corrected chi connectivity index (χ4v) is 1.93. The average Bonchev–Trinajstić information content (AvgIpc) is 2.34. The molecule has 1 heterocycles. The van der Waals surface area contributed by atoms with Gasteiger partial charge in [-0.1, -0.05) is 0 Å². The number of nitrogen functional groups attached to an aromatic ring is 1. The fraction of sp³-hybridized carbons (Fsp3) is 0.154. The van der Waals surface area contributed by atoms with Crippen LogP contribution in [-0.2, 0) is 6.54 Å². The summed E-state index contributed by atoms with van der Waals surface area (Å²) >= 11 is 3.14. The predicted octanol–water partition coefficient (Wildman–Crippen LogP) is 3.49. The van der Waals surface area contributed by atoms with Gasteiger partial charge < -0.3 is 11.1 Å². The van der Waals surface area contributed by atoms with Crippen LogP contribution in [0.3, 0.4) is 0 Å². The first kappa shape index (κ1) is 12.8. The third-order valence-electron chi connectivity index (χ3n) is 2.71. The van der Waals surface area contributed by atoms with E-state index in [4.69, 9.17) is 5.73 Å².